The smallest absolute Gasteiger partial charge is 0.291 e. The molecule has 2 aromatic carbocycles. The van der Waals surface area contributed by atoms with Crippen molar-refractivity contribution in [3.8, 4) is 22.8 Å². The third-order valence-electron chi connectivity index (χ3n) is 3.73. The van der Waals surface area contributed by atoms with E-state index in [4.69, 9.17) is 8.94 Å². The van der Waals surface area contributed by atoms with Crippen molar-refractivity contribution in [3.63, 3.8) is 0 Å². The molecule has 0 spiro atoms. The lowest BCUT2D eigenvalue weighted by Gasteiger charge is -2.03. The molecule has 6 nitrogen and oxygen atoms in total. The standard InChI is InChI=1S/C19H11Br2N3O3/c20-14-4-2-1-3-13(14)19-23-17(24-27-19)11-5-7-12(8-6-11)22-18(25)15-9-10-16(21)26-15/h1-10H,(H,22,25). The van der Waals surface area contributed by atoms with Gasteiger partial charge in [-0.05, 0) is 80.4 Å². The summed E-state index contributed by atoms with van der Waals surface area (Å²) in [5, 5.41) is 6.80. The van der Waals surface area contributed by atoms with Crippen molar-refractivity contribution >= 4 is 43.5 Å². The molecule has 0 fully saturated rings. The molecule has 0 radical (unpaired) electrons. The first-order valence-corrected chi connectivity index (χ1v) is 9.44. The van der Waals surface area contributed by atoms with Crippen LogP contribution >= 0.6 is 31.9 Å². The number of anilines is 1. The highest BCUT2D eigenvalue weighted by molar-refractivity contribution is 9.10. The molecule has 0 saturated carbocycles. The van der Waals surface area contributed by atoms with Crippen molar-refractivity contribution in [2.45, 2.75) is 0 Å². The summed E-state index contributed by atoms with van der Waals surface area (Å²) < 4.78 is 12.0. The third kappa shape index (κ3) is 3.86. The molecule has 2 heterocycles. The minimum absolute atomic E-state index is 0.224. The van der Waals surface area contributed by atoms with Gasteiger partial charge in [-0.1, -0.05) is 17.3 Å². The Morgan fingerprint density at radius 3 is 2.44 bits per heavy atom. The maximum Gasteiger partial charge on any atom is 0.291 e. The van der Waals surface area contributed by atoms with Crippen molar-refractivity contribution in [1.82, 2.24) is 10.1 Å². The molecule has 0 aliphatic rings. The van der Waals surface area contributed by atoms with Gasteiger partial charge in [-0.25, -0.2) is 0 Å². The van der Waals surface area contributed by atoms with E-state index in [0.717, 1.165) is 15.6 Å². The molecule has 27 heavy (non-hydrogen) atoms. The Morgan fingerprint density at radius 1 is 0.963 bits per heavy atom. The van der Waals surface area contributed by atoms with E-state index >= 15 is 0 Å². The number of hydrogen-bond acceptors (Lipinski definition) is 5. The zero-order valence-electron chi connectivity index (χ0n) is 13.6. The van der Waals surface area contributed by atoms with Crippen molar-refractivity contribution in [3.05, 3.63) is 75.6 Å². The number of carbonyl (C=O) groups excluding carboxylic acids is 1. The fourth-order valence-corrected chi connectivity index (χ4v) is 3.18. The summed E-state index contributed by atoms with van der Waals surface area (Å²) in [6.07, 6.45) is 0. The number of amides is 1. The molecule has 4 aromatic rings. The minimum Gasteiger partial charge on any atom is -0.444 e. The van der Waals surface area contributed by atoms with Crippen molar-refractivity contribution in [2.75, 3.05) is 5.32 Å². The van der Waals surface area contributed by atoms with E-state index in [1.54, 1.807) is 24.3 Å². The molecule has 0 aliphatic heterocycles. The van der Waals surface area contributed by atoms with Crippen LogP contribution in [0.5, 0.6) is 0 Å². The van der Waals surface area contributed by atoms with Crippen LogP contribution in [-0.2, 0) is 0 Å². The topological polar surface area (TPSA) is 81.2 Å². The number of furan rings is 1. The van der Waals surface area contributed by atoms with Gasteiger partial charge in [0.2, 0.25) is 5.82 Å². The Hall–Kier alpha value is -2.71. The Labute approximate surface area is 170 Å². The van der Waals surface area contributed by atoms with Gasteiger partial charge in [-0.15, -0.1) is 0 Å². The van der Waals surface area contributed by atoms with Crippen LogP contribution in [-0.4, -0.2) is 16.0 Å². The second kappa shape index (κ2) is 7.50. The van der Waals surface area contributed by atoms with Gasteiger partial charge in [-0.2, -0.15) is 4.98 Å². The summed E-state index contributed by atoms with van der Waals surface area (Å²) in [6, 6.07) is 18.0. The van der Waals surface area contributed by atoms with Crippen LogP contribution in [0.15, 0.2) is 78.7 Å². The van der Waals surface area contributed by atoms with Crippen LogP contribution < -0.4 is 5.32 Å². The fraction of sp³-hybridized carbons (Fsp3) is 0. The molecule has 1 amide bonds. The molecule has 4 rings (SSSR count). The largest absolute Gasteiger partial charge is 0.444 e. The molecule has 0 aliphatic carbocycles. The predicted octanol–water partition coefficient (Wildman–Crippen LogP) is 5.77. The number of halogens is 2. The van der Waals surface area contributed by atoms with Gasteiger partial charge in [0, 0.05) is 15.7 Å². The number of nitrogens with zero attached hydrogens (tertiary/aromatic N) is 2. The van der Waals surface area contributed by atoms with Crippen LogP contribution in [0.25, 0.3) is 22.8 Å². The molecule has 0 atom stereocenters. The number of hydrogen-bond donors (Lipinski definition) is 1. The lowest BCUT2D eigenvalue weighted by atomic mass is 10.2. The van der Waals surface area contributed by atoms with E-state index in [1.807, 2.05) is 36.4 Å². The van der Waals surface area contributed by atoms with Gasteiger partial charge in [0.25, 0.3) is 11.8 Å². The molecule has 1 N–H and O–H groups in total. The molecule has 134 valence electrons. The third-order valence-corrected chi connectivity index (χ3v) is 4.85. The summed E-state index contributed by atoms with van der Waals surface area (Å²) in [6.45, 7) is 0. The summed E-state index contributed by atoms with van der Waals surface area (Å²) in [4.78, 5) is 16.5. The van der Waals surface area contributed by atoms with Crippen molar-refractivity contribution < 1.29 is 13.7 Å². The van der Waals surface area contributed by atoms with E-state index in [9.17, 15) is 4.79 Å². The lowest BCUT2D eigenvalue weighted by molar-refractivity contribution is 0.0995. The monoisotopic (exact) mass is 487 g/mol. The molecule has 2 aromatic heterocycles. The summed E-state index contributed by atoms with van der Waals surface area (Å²) in [7, 11) is 0. The highest BCUT2D eigenvalue weighted by Crippen LogP contribution is 2.28. The maximum absolute atomic E-state index is 12.1. The average molecular weight is 489 g/mol. The first kappa shape index (κ1) is 17.7. The van der Waals surface area contributed by atoms with E-state index in [0.29, 0.717) is 22.1 Å². The minimum atomic E-state index is -0.329. The average Bonchev–Trinajstić information content (AvgIpc) is 3.32. The Bertz CT molecular complexity index is 1100. The van der Waals surface area contributed by atoms with E-state index in [-0.39, 0.29) is 11.7 Å². The van der Waals surface area contributed by atoms with Gasteiger partial charge < -0.3 is 14.3 Å². The lowest BCUT2D eigenvalue weighted by Crippen LogP contribution is -2.10. The van der Waals surface area contributed by atoms with Crippen LogP contribution in [0.2, 0.25) is 0 Å². The van der Waals surface area contributed by atoms with E-state index in [1.165, 1.54) is 0 Å². The first-order valence-electron chi connectivity index (χ1n) is 7.86. The molecule has 0 bridgehead atoms. The first-order chi connectivity index (χ1) is 13.1. The van der Waals surface area contributed by atoms with Gasteiger partial charge in [-0.3, -0.25) is 4.79 Å². The zero-order valence-corrected chi connectivity index (χ0v) is 16.8. The summed E-state index contributed by atoms with van der Waals surface area (Å²) in [5.41, 5.74) is 2.23. The maximum atomic E-state index is 12.1. The van der Waals surface area contributed by atoms with E-state index in [2.05, 4.69) is 47.3 Å². The molecular weight excluding hydrogens is 478 g/mol. The number of nitrogens with one attached hydrogen (secondary N) is 1. The number of carbonyl (C=O) groups is 1. The predicted molar refractivity (Wildman–Crippen MR) is 107 cm³/mol. The Balaban J connectivity index is 1.51. The Morgan fingerprint density at radius 2 is 1.74 bits per heavy atom. The van der Waals surface area contributed by atoms with Crippen LogP contribution in [0, 0.1) is 0 Å². The number of benzene rings is 2. The van der Waals surface area contributed by atoms with Crippen molar-refractivity contribution in [2.24, 2.45) is 0 Å². The molecule has 0 saturated heterocycles. The second-order valence-electron chi connectivity index (χ2n) is 5.54. The number of rotatable bonds is 4. The fourth-order valence-electron chi connectivity index (χ4n) is 2.42. The van der Waals surface area contributed by atoms with Crippen LogP contribution in [0.4, 0.5) is 5.69 Å². The normalized spacial score (nSPS) is 10.7. The zero-order chi connectivity index (χ0) is 18.8. The van der Waals surface area contributed by atoms with Crippen molar-refractivity contribution in [1.29, 1.82) is 0 Å². The second-order valence-corrected chi connectivity index (χ2v) is 7.17. The van der Waals surface area contributed by atoms with Gasteiger partial charge in [0.15, 0.2) is 10.4 Å². The van der Waals surface area contributed by atoms with Crippen LogP contribution in [0.3, 0.4) is 0 Å². The Kier molecular flexibility index (Phi) is 4.91. The van der Waals surface area contributed by atoms with Gasteiger partial charge in [0.1, 0.15) is 0 Å². The molecule has 0 unspecified atom stereocenters. The molecular formula is C19H11Br2N3O3. The molecule has 8 heteroatoms. The van der Waals surface area contributed by atoms with Crippen LogP contribution in [0.1, 0.15) is 10.6 Å². The SMILES string of the molecule is O=C(Nc1ccc(-c2noc(-c3ccccc3Br)n2)cc1)c1ccc(Br)o1. The highest BCUT2D eigenvalue weighted by Gasteiger charge is 2.14. The van der Waals surface area contributed by atoms with Gasteiger partial charge in [0.05, 0.1) is 5.56 Å². The summed E-state index contributed by atoms with van der Waals surface area (Å²) in [5.74, 6) is 0.790. The number of aromatic nitrogens is 2. The van der Waals surface area contributed by atoms with Gasteiger partial charge >= 0.3 is 0 Å². The summed E-state index contributed by atoms with van der Waals surface area (Å²) >= 11 is 6.65. The quantitative estimate of drug-likeness (QED) is 0.394. The highest BCUT2D eigenvalue weighted by atomic mass is 79.9. The van der Waals surface area contributed by atoms with E-state index < -0.39 is 0 Å².